The van der Waals surface area contributed by atoms with Gasteiger partial charge in [-0.2, -0.15) is 0 Å². The fourth-order valence-corrected chi connectivity index (χ4v) is 2.72. The molecule has 1 saturated carbocycles. The van der Waals surface area contributed by atoms with Gasteiger partial charge in [0, 0.05) is 12.5 Å². The van der Waals surface area contributed by atoms with E-state index >= 15 is 0 Å². The molecule has 2 aromatic carbocycles. The fourth-order valence-electron chi connectivity index (χ4n) is 2.72. The van der Waals surface area contributed by atoms with Crippen molar-refractivity contribution in [3.8, 4) is 0 Å². The minimum Gasteiger partial charge on any atom is -0.356 e. The molecule has 2 aromatic rings. The molecule has 0 saturated heterocycles. The molecule has 1 fully saturated rings. The number of carbonyl (C=O) groups excluding carboxylic acids is 1. The standard InChI is InChI=1S/C18H17F2NO/c19-14-7-5-12(6-8-14)15-11-16(15)18(22)21-10-9-13-3-1-2-4-17(13)20/h1-8,15-16H,9-11H2,(H,21,22). The lowest BCUT2D eigenvalue weighted by Gasteiger charge is -2.06. The Kier molecular flexibility index (Phi) is 4.18. The van der Waals surface area contributed by atoms with Gasteiger partial charge < -0.3 is 5.32 Å². The van der Waals surface area contributed by atoms with Gasteiger partial charge in [-0.15, -0.1) is 0 Å². The summed E-state index contributed by atoms with van der Waals surface area (Å²) in [5, 5.41) is 2.85. The zero-order valence-electron chi connectivity index (χ0n) is 12.1. The third-order valence-corrected chi connectivity index (χ3v) is 4.08. The van der Waals surface area contributed by atoms with E-state index in [1.807, 2.05) is 0 Å². The summed E-state index contributed by atoms with van der Waals surface area (Å²) in [6, 6.07) is 12.9. The predicted molar refractivity (Wildman–Crippen MR) is 80.4 cm³/mol. The van der Waals surface area contributed by atoms with Crippen LogP contribution in [0.5, 0.6) is 0 Å². The summed E-state index contributed by atoms with van der Waals surface area (Å²) >= 11 is 0. The van der Waals surface area contributed by atoms with Crippen LogP contribution >= 0.6 is 0 Å². The fraction of sp³-hybridized carbons (Fsp3) is 0.278. The highest BCUT2D eigenvalue weighted by Gasteiger charge is 2.43. The minimum absolute atomic E-state index is 0.00864. The molecular formula is C18H17F2NO. The quantitative estimate of drug-likeness (QED) is 0.900. The third-order valence-electron chi connectivity index (χ3n) is 4.08. The number of nitrogens with one attached hydrogen (secondary N) is 1. The summed E-state index contributed by atoms with van der Waals surface area (Å²) in [6.07, 6.45) is 1.27. The van der Waals surface area contributed by atoms with E-state index in [1.54, 1.807) is 30.3 Å². The number of rotatable bonds is 5. The first-order chi connectivity index (χ1) is 10.6. The zero-order valence-corrected chi connectivity index (χ0v) is 12.1. The lowest BCUT2D eigenvalue weighted by molar-refractivity contribution is -0.122. The van der Waals surface area contributed by atoms with Gasteiger partial charge in [-0.3, -0.25) is 4.79 Å². The molecule has 1 N–H and O–H groups in total. The van der Waals surface area contributed by atoms with Crippen molar-refractivity contribution in [2.24, 2.45) is 5.92 Å². The summed E-state index contributed by atoms with van der Waals surface area (Å²) in [5.74, 6) is -0.395. The normalized spacial score (nSPS) is 19.7. The van der Waals surface area contributed by atoms with Crippen molar-refractivity contribution >= 4 is 5.91 Å². The lowest BCUT2D eigenvalue weighted by Crippen LogP contribution is -2.27. The van der Waals surface area contributed by atoms with Crippen LogP contribution < -0.4 is 5.32 Å². The molecule has 0 heterocycles. The van der Waals surface area contributed by atoms with Crippen LogP contribution in [-0.2, 0) is 11.2 Å². The average Bonchev–Trinajstić information content (AvgIpc) is 3.30. The summed E-state index contributed by atoms with van der Waals surface area (Å²) < 4.78 is 26.3. The van der Waals surface area contributed by atoms with Gasteiger partial charge in [-0.25, -0.2) is 8.78 Å². The number of benzene rings is 2. The van der Waals surface area contributed by atoms with Crippen LogP contribution in [0.3, 0.4) is 0 Å². The smallest absolute Gasteiger partial charge is 0.223 e. The van der Waals surface area contributed by atoms with Crippen LogP contribution in [0.2, 0.25) is 0 Å². The van der Waals surface area contributed by atoms with Gasteiger partial charge in [0.15, 0.2) is 0 Å². The molecule has 0 aliphatic heterocycles. The van der Waals surface area contributed by atoms with Crippen LogP contribution in [0, 0.1) is 17.6 Å². The van der Waals surface area contributed by atoms with Crippen LogP contribution in [0.1, 0.15) is 23.5 Å². The zero-order chi connectivity index (χ0) is 15.5. The van der Waals surface area contributed by atoms with Crippen molar-refractivity contribution < 1.29 is 13.6 Å². The third kappa shape index (κ3) is 3.32. The number of hydrogen-bond donors (Lipinski definition) is 1. The first-order valence-corrected chi connectivity index (χ1v) is 7.42. The van der Waals surface area contributed by atoms with Gasteiger partial charge in [-0.1, -0.05) is 30.3 Å². The van der Waals surface area contributed by atoms with E-state index in [0.29, 0.717) is 18.5 Å². The molecule has 3 rings (SSSR count). The van der Waals surface area contributed by atoms with Gasteiger partial charge in [-0.05, 0) is 48.1 Å². The van der Waals surface area contributed by atoms with Gasteiger partial charge in [0.25, 0.3) is 0 Å². The molecule has 2 nitrogen and oxygen atoms in total. The molecule has 114 valence electrons. The van der Waals surface area contributed by atoms with Crippen molar-refractivity contribution in [2.45, 2.75) is 18.8 Å². The number of hydrogen-bond acceptors (Lipinski definition) is 1. The van der Waals surface area contributed by atoms with Gasteiger partial charge in [0.05, 0.1) is 0 Å². The minimum atomic E-state index is -0.268. The van der Waals surface area contributed by atoms with Crippen molar-refractivity contribution in [1.29, 1.82) is 0 Å². The lowest BCUT2D eigenvalue weighted by atomic mass is 10.1. The van der Waals surface area contributed by atoms with E-state index in [-0.39, 0.29) is 29.4 Å². The molecule has 1 aliphatic rings. The Morgan fingerprint density at radius 3 is 2.55 bits per heavy atom. The topological polar surface area (TPSA) is 29.1 Å². The SMILES string of the molecule is O=C(NCCc1ccccc1F)C1CC1c1ccc(F)cc1. The predicted octanol–water partition coefficient (Wildman–Crippen LogP) is 3.43. The van der Waals surface area contributed by atoms with Crippen molar-refractivity contribution in [2.75, 3.05) is 6.54 Å². The first-order valence-electron chi connectivity index (χ1n) is 7.42. The molecule has 0 radical (unpaired) electrons. The monoisotopic (exact) mass is 301 g/mol. The highest BCUT2D eigenvalue weighted by atomic mass is 19.1. The molecule has 1 aliphatic carbocycles. The molecule has 0 spiro atoms. The average molecular weight is 301 g/mol. The molecule has 0 bridgehead atoms. The Morgan fingerprint density at radius 2 is 1.82 bits per heavy atom. The molecule has 4 heteroatoms. The Labute approximate surface area is 128 Å². The number of amides is 1. The van der Waals surface area contributed by atoms with E-state index < -0.39 is 0 Å². The van der Waals surface area contributed by atoms with Gasteiger partial charge >= 0.3 is 0 Å². The molecule has 2 atom stereocenters. The maximum Gasteiger partial charge on any atom is 0.223 e. The molecule has 1 amide bonds. The van der Waals surface area contributed by atoms with Gasteiger partial charge in [0.1, 0.15) is 11.6 Å². The molecule has 2 unspecified atom stereocenters. The number of carbonyl (C=O) groups is 1. The molecular weight excluding hydrogens is 284 g/mol. The molecule has 0 aromatic heterocycles. The second-order valence-corrected chi connectivity index (χ2v) is 5.63. The summed E-state index contributed by atoms with van der Waals surface area (Å²) in [7, 11) is 0. The van der Waals surface area contributed by atoms with Crippen molar-refractivity contribution in [3.05, 3.63) is 71.3 Å². The largest absolute Gasteiger partial charge is 0.356 e. The van der Waals surface area contributed by atoms with Crippen molar-refractivity contribution in [3.63, 3.8) is 0 Å². The Bertz CT molecular complexity index is 669. The highest BCUT2D eigenvalue weighted by molar-refractivity contribution is 5.82. The maximum atomic E-state index is 13.5. The van der Waals surface area contributed by atoms with E-state index in [2.05, 4.69) is 5.32 Å². The van der Waals surface area contributed by atoms with Crippen LogP contribution in [0.4, 0.5) is 8.78 Å². The number of halogens is 2. The van der Waals surface area contributed by atoms with Crippen LogP contribution in [-0.4, -0.2) is 12.5 Å². The Hall–Kier alpha value is -2.23. The second-order valence-electron chi connectivity index (χ2n) is 5.63. The summed E-state index contributed by atoms with van der Waals surface area (Å²) in [6.45, 7) is 0.423. The Morgan fingerprint density at radius 1 is 1.09 bits per heavy atom. The second kappa shape index (κ2) is 6.26. The molecule has 22 heavy (non-hydrogen) atoms. The maximum absolute atomic E-state index is 13.5. The highest BCUT2D eigenvalue weighted by Crippen LogP contribution is 2.47. The van der Waals surface area contributed by atoms with Crippen molar-refractivity contribution in [1.82, 2.24) is 5.32 Å². The van der Waals surface area contributed by atoms with Crippen LogP contribution in [0.25, 0.3) is 0 Å². The Balaban J connectivity index is 1.48. The van der Waals surface area contributed by atoms with E-state index in [4.69, 9.17) is 0 Å². The van der Waals surface area contributed by atoms with Crippen LogP contribution in [0.15, 0.2) is 48.5 Å². The van der Waals surface area contributed by atoms with E-state index in [1.165, 1.54) is 18.2 Å². The van der Waals surface area contributed by atoms with E-state index in [0.717, 1.165) is 12.0 Å². The summed E-state index contributed by atoms with van der Waals surface area (Å²) in [4.78, 5) is 12.1. The van der Waals surface area contributed by atoms with E-state index in [9.17, 15) is 13.6 Å². The van der Waals surface area contributed by atoms with Gasteiger partial charge in [0.2, 0.25) is 5.91 Å². The first kappa shape index (κ1) is 14.7. The summed E-state index contributed by atoms with van der Waals surface area (Å²) in [5.41, 5.74) is 1.60.